The molecule has 6 heteroatoms. The summed E-state index contributed by atoms with van der Waals surface area (Å²) in [5.41, 5.74) is 1.52. The minimum atomic E-state index is -0.963. The second-order valence-electron chi connectivity index (χ2n) is 3.15. The minimum absolute atomic E-state index is 0.174. The maximum atomic E-state index is 11.3. The maximum Gasteiger partial charge on any atom is 0.309 e. The molecule has 1 aromatic heterocycles. The van der Waals surface area contributed by atoms with Crippen LogP contribution in [0.5, 0.6) is 0 Å². The highest BCUT2D eigenvalue weighted by atomic mass is 16.4. The lowest BCUT2D eigenvalue weighted by atomic mass is 10.1. The van der Waals surface area contributed by atoms with Gasteiger partial charge >= 0.3 is 5.97 Å². The lowest BCUT2D eigenvalue weighted by Crippen LogP contribution is -2.18. The van der Waals surface area contributed by atoms with Gasteiger partial charge in [0.25, 0.3) is 5.91 Å². The van der Waals surface area contributed by atoms with Gasteiger partial charge in [-0.15, -0.1) is 0 Å². The third kappa shape index (κ3) is 1.15. The third-order valence-corrected chi connectivity index (χ3v) is 2.20. The van der Waals surface area contributed by atoms with Crippen molar-refractivity contribution in [3.8, 4) is 0 Å². The molecule has 2 rings (SSSR count). The molecule has 74 valence electrons. The maximum absolute atomic E-state index is 11.3. The van der Waals surface area contributed by atoms with Gasteiger partial charge in [0.05, 0.1) is 29.9 Å². The number of fused-ring (bicyclic) bond motifs is 1. The fourth-order valence-corrected chi connectivity index (χ4v) is 1.60. The second kappa shape index (κ2) is 2.83. The molecule has 0 saturated heterocycles. The lowest BCUT2D eigenvalue weighted by molar-refractivity contribution is -0.136. The van der Waals surface area contributed by atoms with E-state index in [0.29, 0.717) is 23.5 Å². The zero-order chi connectivity index (χ0) is 10.3. The van der Waals surface area contributed by atoms with Gasteiger partial charge in [-0.05, 0) is 0 Å². The van der Waals surface area contributed by atoms with Crippen molar-refractivity contribution < 1.29 is 14.7 Å². The Hall–Kier alpha value is -1.85. The molecule has 0 aliphatic carbocycles. The lowest BCUT2D eigenvalue weighted by Gasteiger charge is -2.00. The van der Waals surface area contributed by atoms with Gasteiger partial charge in [-0.25, -0.2) is 0 Å². The Balaban J connectivity index is 2.48. The van der Waals surface area contributed by atoms with Crippen LogP contribution >= 0.6 is 0 Å². The van der Waals surface area contributed by atoms with Crippen LogP contribution in [0.4, 0.5) is 0 Å². The van der Waals surface area contributed by atoms with Crippen LogP contribution in [0.2, 0.25) is 0 Å². The summed E-state index contributed by atoms with van der Waals surface area (Å²) in [6.45, 7) is 0.391. The summed E-state index contributed by atoms with van der Waals surface area (Å²) in [5.74, 6) is -1.19. The summed E-state index contributed by atoms with van der Waals surface area (Å²) in [6, 6.07) is 0. The van der Waals surface area contributed by atoms with E-state index in [2.05, 4.69) is 10.4 Å². The van der Waals surface area contributed by atoms with Crippen LogP contribution in [0.3, 0.4) is 0 Å². The number of hydrogen-bond donors (Lipinski definition) is 2. The number of aliphatic carboxylic acids is 1. The fourth-order valence-electron chi connectivity index (χ4n) is 1.60. The predicted molar refractivity (Wildman–Crippen MR) is 45.7 cm³/mol. The van der Waals surface area contributed by atoms with Crippen molar-refractivity contribution in [1.82, 2.24) is 15.1 Å². The Labute approximate surface area is 79.5 Å². The van der Waals surface area contributed by atoms with Gasteiger partial charge in [0, 0.05) is 7.05 Å². The highest BCUT2D eigenvalue weighted by Gasteiger charge is 2.28. The predicted octanol–water partition coefficient (Wildman–Crippen LogP) is -0.709. The van der Waals surface area contributed by atoms with E-state index >= 15 is 0 Å². The molecule has 0 fully saturated rings. The number of amides is 1. The summed E-state index contributed by atoms with van der Waals surface area (Å²) in [4.78, 5) is 21.9. The Morgan fingerprint density at radius 1 is 1.71 bits per heavy atom. The fraction of sp³-hybridized carbons (Fsp3) is 0.375. The Bertz CT molecular complexity index is 422. The molecule has 0 saturated carbocycles. The minimum Gasteiger partial charge on any atom is -0.481 e. The van der Waals surface area contributed by atoms with Crippen LogP contribution in [0.1, 0.15) is 21.7 Å². The summed E-state index contributed by atoms with van der Waals surface area (Å²) in [6.07, 6.45) is -0.174. The number of carboxylic acids is 1. The first-order valence-corrected chi connectivity index (χ1v) is 4.14. The molecule has 6 nitrogen and oxygen atoms in total. The van der Waals surface area contributed by atoms with Crippen LogP contribution in [0.15, 0.2) is 0 Å². The Kier molecular flexibility index (Phi) is 1.77. The van der Waals surface area contributed by atoms with E-state index in [1.807, 2.05) is 0 Å². The molecule has 2 heterocycles. The molecule has 1 aromatic rings. The average Bonchev–Trinajstić information content (AvgIpc) is 2.56. The molecule has 1 amide bonds. The number of carboxylic acid groups (broad SMARTS) is 1. The number of hydrogen-bond acceptors (Lipinski definition) is 3. The van der Waals surface area contributed by atoms with E-state index in [4.69, 9.17) is 5.11 Å². The zero-order valence-corrected chi connectivity index (χ0v) is 7.57. The van der Waals surface area contributed by atoms with Crippen molar-refractivity contribution in [3.05, 3.63) is 17.0 Å². The molecule has 0 radical (unpaired) electrons. The normalized spacial score (nSPS) is 13.9. The van der Waals surface area contributed by atoms with Gasteiger partial charge in [-0.1, -0.05) is 0 Å². The second-order valence-corrected chi connectivity index (χ2v) is 3.15. The topological polar surface area (TPSA) is 84.2 Å². The SMILES string of the molecule is Cn1nc2c(c1CC(=O)O)C(=O)NC2. The molecule has 0 unspecified atom stereocenters. The Morgan fingerprint density at radius 3 is 3.07 bits per heavy atom. The number of nitrogens with zero attached hydrogens (tertiary/aromatic N) is 2. The van der Waals surface area contributed by atoms with Crippen molar-refractivity contribution in [3.63, 3.8) is 0 Å². The number of carbonyl (C=O) groups excluding carboxylic acids is 1. The van der Waals surface area contributed by atoms with E-state index in [1.165, 1.54) is 4.68 Å². The van der Waals surface area contributed by atoms with E-state index in [9.17, 15) is 9.59 Å². The molecule has 14 heavy (non-hydrogen) atoms. The average molecular weight is 195 g/mol. The molecule has 0 atom stereocenters. The number of rotatable bonds is 2. The van der Waals surface area contributed by atoms with Crippen LogP contribution in [-0.2, 0) is 24.8 Å². The highest BCUT2D eigenvalue weighted by Crippen LogP contribution is 2.18. The first-order valence-electron chi connectivity index (χ1n) is 4.14. The van der Waals surface area contributed by atoms with Crippen LogP contribution in [0.25, 0.3) is 0 Å². The van der Waals surface area contributed by atoms with Crippen LogP contribution in [-0.4, -0.2) is 26.8 Å². The van der Waals surface area contributed by atoms with Crippen molar-refractivity contribution in [2.45, 2.75) is 13.0 Å². The quantitative estimate of drug-likeness (QED) is 0.653. The summed E-state index contributed by atoms with van der Waals surface area (Å²) >= 11 is 0. The molecule has 2 N–H and O–H groups in total. The highest BCUT2D eigenvalue weighted by molar-refractivity contribution is 5.99. The molecule has 0 bridgehead atoms. The largest absolute Gasteiger partial charge is 0.481 e. The third-order valence-electron chi connectivity index (χ3n) is 2.20. The zero-order valence-electron chi connectivity index (χ0n) is 7.57. The molecular formula is C8H9N3O3. The van der Waals surface area contributed by atoms with Crippen LogP contribution in [0, 0.1) is 0 Å². The Morgan fingerprint density at radius 2 is 2.43 bits per heavy atom. The summed E-state index contributed by atoms with van der Waals surface area (Å²) in [5, 5.41) is 15.3. The van der Waals surface area contributed by atoms with Gasteiger partial charge in [-0.3, -0.25) is 14.3 Å². The summed E-state index contributed by atoms with van der Waals surface area (Å²) in [7, 11) is 1.64. The number of aromatic nitrogens is 2. The molecule has 1 aliphatic heterocycles. The standard InChI is InChI=1S/C8H9N3O3/c1-11-5(2-6(12)13)7-4(10-11)3-9-8(7)14/h2-3H2,1H3,(H,9,14)(H,12,13). The van der Waals surface area contributed by atoms with Crippen molar-refractivity contribution in [1.29, 1.82) is 0 Å². The smallest absolute Gasteiger partial charge is 0.309 e. The molecule has 0 spiro atoms. The van der Waals surface area contributed by atoms with Crippen LogP contribution < -0.4 is 5.32 Å². The van der Waals surface area contributed by atoms with E-state index < -0.39 is 5.97 Å². The molecule has 1 aliphatic rings. The summed E-state index contributed by atoms with van der Waals surface area (Å²) < 4.78 is 1.46. The van der Waals surface area contributed by atoms with E-state index in [1.54, 1.807) is 7.05 Å². The van der Waals surface area contributed by atoms with Gasteiger partial charge in [0.15, 0.2) is 0 Å². The van der Waals surface area contributed by atoms with Crippen molar-refractivity contribution in [2.24, 2.45) is 7.05 Å². The van der Waals surface area contributed by atoms with Gasteiger partial charge in [0.1, 0.15) is 0 Å². The number of carbonyl (C=O) groups is 2. The molecular weight excluding hydrogens is 186 g/mol. The first kappa shape index (κ1) is 8.74. The van der Waals surface area contributed by atoms with Gasteiger partial charge in [-0.2, -0.15) is 5.10 Å². The van der Waals surface area contributed by atoms with Crippen molar-refractivity contribution in [2.75, 3.05) is 0 Å². The number of nitrogens with one attached hydrogen (secondary N) is 1. The van der Waals surface area contributed by atoms with Crippen molar-refractivity contribution >= 4 is 11.9 Å². The first-order chi connectivity index (χ1) is 6.59. The molecule has 0 aromatic carbocycles. The van der Waals surface area contributed by atoms with Gasteiger partial charge in [0.2, 0.25) is 0 Å². The van der Waals surface area contributed by atoms with E-state index in [-0.39, 0.29) is 12.3 Å². The van der Waals surface area contributed by atoms with E-state index in [0.717, 1.165) is 0 Å². The van der Waals surface area contributed by atoms with Gasteiger partial charge < -0.3 is 10.4 Å². The number of aryl methyl sites for hydroxylation is 1. The monoisotopic (exact) mass is 195 g/mol.